The van der Waals surface area contributed by atoms with Crippen LogP contribution in [0.1, 0.15) is 128 Å². The van der Waals surface area contributed by atoms with Crippen LogP contribution >= 0.6 is 0 Å². The van der Waals surface area contributed by atoms with Crippen LogP contribution in [-0.2, 0) is 21.7 Å². The topological polar surface area (TPSA) is 88.0 Å². The van der Waals surface area contributed by atoms with Crippen LogP contribution in [0.25, 0.3) is 23.3 Å². The van der Waals surface area contributed by atoms with E-state index in [2.05, 4.69) is 95.2 Å². The Bertz CT molecular complexity index is 1520. The summed E-state index contributed by atoms with van der Waals surface area (Å²) in [6.45, 7) is 24.8. The molecule has 0 aromatic heterocycles. The van der Waals surface area contributed by atoms with Gasteiger partial charge in [0.05, 0.1) is 23.3 Å². The van der Waals surface area contributed by atoms with E-state index in [-0.39, 0.29) is 21.7 Å². The summed E-state index contributed by atoms with van der Waals surface area (Å²) in [5, 5.41) is 42.8. The molecule has 0 fully saturated rings. The number of nitrogens with zero attached hydrogens (tertiary/aromatic N) is 2. The molecule has 0 spiro atoms. The molecular formula is C40H48N2O2. The first kappa shape index (κ1) is 34.2. The van der Waals surface area contributed by atoms with Gasteiger partial charge in [-0.2, -0.15) is 10.5 Å². The van der Waals surface area contributed by atoms with E-state index in [1.807, 2.05) is 60.7 Å². The smallest absolute Gasteiger partial charge is 0.123 e. The zero-order valence-corrected chi connectivity index (χ0v) is 28.6. The third kappa shape index (κ3) is 7.62. The molecule has 0 atom stereocenters. The molecular weight excluding hydrogens is 540 g/mol. The highest BCUT2D eigenvalue weighted by Crippen LogP contribution is 2.42. The van der Waals surface area contributed by atoms with Gasteiger partial charge < -0.3 is 10.2 Å². The number of rotatable bonds is 4. The van der Waals surface area contributed by atoms with E-state index in [4.69, 9.17) is 0 Å². The molecule has 0 radical (unpaired) electrons. The van der Waals surface area contributed by atoms with Crippen LogP contribution in [0, 0.1) is 22.7 Å². The third-order valence-corrected chi connectivity index (χ3v) is 7.84. The Balaban J connectivity index is 2.19. The van der Waals surface area contributed by atoms with Crippen LogP contribution in [-0.4, -0.2) is 10.2 Å². The van der Waals surface area contributed by atoms with Crippen LogP contribution < -0.4 is 0 Å². The number of allylic oxidation sites excluding steroid dienone is 2. The fraction of sp³-hybridized carbons (Fsp3) is 0.400. The normalized spacial score (nSPS) is 13.4. The second kappa shape index (κ2) is 12.0. The monoisotopic (exact) mass is 588 g/mol. The quantitative estimate of drug-likeness (QED) is 0.234. The van der Waals surface area contributed by atoms with Crippen LogP contribution in [0.4, 0.5) is 0 Å². The number of hydrogen-bond acceptors (Lipinski definition) is 4. The summed E-state index contributed by atoms with van der Waals surface area (Å²) in [5.41, 5.74) is 6.15. The molecule has 0 unspecified atom stereocenters. The summed E-state index contributed by atoms with van der Waals surface area (Å²) in [6.07, 6.45) is 3.70. The Labute approximate surface area is 265 Å². The van der Waals surface area contributed by atoms with Gasteiger partial charge in [-0.05, 0) is 86.4 Å². The first-order chi connectivity index (χ1) is 20.1. The second-order valence-electron chi connectivity index (χ2n) is 15.8. The Morgan fingerprint density at radius 1 is 0.523 bits per heavy atom. The average Bonchev–Trinajstić information content (AvgIpc) is 2.89. The van der Waals surface area contributed by atoms with Crippen LogP contribution in [0.3, 0.4) is 0 Å². The van der Waals surface area contributed by atoms with Crippen LogP contribution in [0.2, 0.25) is 0 Å². The zero-order chi connectivity index (χ0) is 33.4. The van der Waals surface area contributed by atoms with Crippen molar-refractivity contribution < 1.29 is 10.2 Å². The molecule has 4 heteroatoms. The standard InChI is InChI=1S/C40H48N2O2/c1-37(2,3)31-18-25(19-32(35(31)43)38(4,5)6)16-29(23-41)27-14-13-15-28(22-27)30(24-42)17-26-20-33(39(7,8)9)36(44)34(21-26)40(10,11)12/h13-22,43-44H,1-12H3. The van der Waals surface area contributed by atoms with Crippen molar-refractivity contribution >= 4 is 23.3 Å². The lowest BCUT2D eigenvalue weighted by Gasteiger charge is -2.28. The minimum atomic E-state index is -0.291. The molecule has 0 aliphatic rings. The van der Waals surface area contributed by atoms with E-state index >= 15 is 0 Å². The highest BCUT2D eigenvalue weighted by Gasteiger charge is 2.28. The van der Waals surface area contributed by atoms with E-state index in [9.17, 15) is 20.7 Å². The van der Waals surface area contributed by atoms with Crippen molar-refractivity contribution in [1.29, 1.82) is 10.5 Å². The third-order valence-electron chi connectivity index (χ3n) is 7.84. The number of hydrogen-bond donors (Lipinski definition) is 2. The molecule has 0 amide bonds. The van der Waals surface area contributed by atoms with Crippen molar-refractivity contribution in [3.63, 3.8) is 0 Å². The maximum absolute atomic E-state index is 11.1. The van der Waals surface area contributed by atoms with E-state index in [0.29, 0.717) is 33.8 Å². The summed E-state index contributed by atoms with van der Waals surface area (Å²) in [4.78, 5) is 0. The van der Waals surface area contributed by atoms with Gasteiger partial charge in [-0.25, -0.2) is 0 Å². The summed E-state index contributed by atoms with van der Waals surface area (Å²) in [7, 11) is 0. The Kier molecular flexibility index (Phi) is 9.34. The molecule has 230 valence electrons. The van der Waals surface area contributed by atoms with Gasteiger partial charge in [0.15, 0.2) is 0 Å². The van der Waals surface area contributed by atoms with Crippen molar-refractivity contribution in [2.75, 3.05) is 0 Å². The van der Waals surface area contributed by atoms with Gasteiger partial charge in [-0.15, -0.1) is 0 Å². The highest BCUT2D eigenvalue weighted by atomic mass is 16.3. The maximum atomic E-state index is 11.1. The minimum Gasteiger partial charge on any atom is -0.507 e. The largest absolute Gasteiger partial charge is 0.507 e. The van der Waals surface area contributed by atoms with Gasteiger partial charge in [0.1, 0.15) is 11.5 Å². The second-order valence-corrected chi connectivity index (χ2v) is 15.8. The zero-order valence-electron chi connectivity index (χ0n) is 28.6. The van der Waals surface area contributed by atoms with Gasteiger partial charge >= 0.3 is 0 Å². The first-order valence-electron chi connectivity index (χ1n) is 15.2. The summed E-state index contributed by atoms with van der Waals surface area (Å²) in [5.74, 6) is 0.592. The molecule has 0 heterocycles. The number of phenols is 2. The molecule has 2 N–H and O–H groups in total. The van der Waals surface area contributed by atoms with E-state index < -0.39 is 0 Å². The van der Waals surface area contributed by atoms with E-state index in [1.165, 1.54) is 0 Å². The Morgan fingerprint density at radius 2 is 0.795 bits per heavy atom. The van der Waals surface area contributed by atoms with Gasteiger partial charge in [0, 0.05) is 22.3 Å². The van der Waals surface area contributed by atoms with Gasteiger partial charge in [0.2, 0.25) is 0 Å². The predicted molar refractivity (Wildman–Crippen MR) is 184 cm³/mol. The van der Waals surface area contributed by atoms with E-state index in [1.54, 1.807) is 0 Å². The molecule has 3 aromatic carbocycles. The lowest BCUT2D eigenvalue weighted by molar-refractivity contribution is 0.422. The fourth-order valence-electron chi connectivity index (χ4n) is 5.32. The molecule has 0 aliphatic carbocycles. The number of aromatic hydroxyl groups is 2. The molecule has 0 aliphatic heterocycles. The van der Waals surface area contributed by atoms with Crippen LogP contribution in [0.5, 0.6) is 11.5 Å². The van der Waals surface area contributed by atoms with Crippen molar-refractivity contribution in [3.05, 3.63) is 93.0 Å². The number of nitriles is 2. The molecule has 0 saturated carbocycles. The van der Waals surface area contributed by atoms with Crippen molar-refractivity contribution in [2.24, 2.45) is 0 Å². The molecule has 0 saturated heterocycles. The van der Waals surface area contributed by atoms with Crippen molar-refractivity contribution in [2.45, 2.75) is 105 Å². The summed E-state index contributed by atoms with van der Waals surface area (Å²) >= 11 is 0. The lowest BCUT2D eigenvalue weighted by atomic mass is 9.78. The number of benzene rings is 3. The predicted octanol–water partition coefficient (Wildman–Crippen LogP) is 10.4. The van der Waals surface area contributed by atoms with E-state index in [0.717, 1.165) is 33.4 Å². The molecule has 3 aromatic rings. The molecule has 0 bridgehead atoms. The summed E-state index contributed by atoms with van der Waals surface area (Å²) in [6, 6.07) is 20.0. The summed E-state index contributed by atoms with van der Waals surface area (Å²) < 4.78 is 0. The van der Waals surface area contributed by atoms with Gasteiger partial charge in [0.25, 0.3) is 0 Å². The SMILES string of the molecule is CC(C)(C)c1cc(C=C(C#N)c2cccc(C(C#N)=Cc3cc(C(C)(C)C)c(O)c(C(C)(C)C)c3)c2)cc(C(C)(C)C)c1O. The lowest BCUT2D eigenvalue weighted by Crippen LogP contribution is -2.17. The fourth-order valence-corrected chi connectivity index (χ4v) is 5.32. The molecule has 44 heavy (non-hydrogen) atoms. The maximum Gasteiger partial charge on any atom is 0.123 e. The molecule has 3 rings (SSSR count). The van der Waals surface area contributed by atoms with Gasteiger partial charge in [-0.1, -0.05) is 101 Å². The first-order valence-corrected chi connectivity index (χ1v) is 15.2. The van der Waals surface area contributed by atoms with Crippen molar-refractivity contribution in [1.82, 2.24) is 0 Å². The average molecular weight is 589 g/mol. The van der Waals surface area contributed by atoms with Gasteiger partial charge in [-0.3, -0.25) is 0 Å². The molecule has 4 nitrogen and oxygen atoms in total. The Morgan fingerprint density at radius 3 is 1.02 bits per heavy atom. The van der Waals surface area contributed by atoms with Crippen LogP contribution in [0.15, 0.2) is 48.5 Å². The minimum absolute atomic E-state index is 0.291. The highest BCUT2D eigenvalue weighted by molar-refractivity contribution is 5.94. The van der Waals surface area contributed by atoms with Crippen molar-refractivity contribution in [3.8, 4) is 23.6 Å². The number of phenolic OH excluding ortho intramolecular Hbond substituents is 2. The Hall–Kier alpha value is -4.28.